The number of nitrogens with zero attached hydrogens (tertiary/aromatic N) is 3. The van der Waals surface area contributed by atoms with Gasteiger partial charge in [0.25, 0.3) is 5.91 Å². The van der Waals surface area contributed by atoms with Gasteiger partial charge in [-0.2, -0.15) is 0 Å². The molecule has 5 rings (SSSR count). The van der Waals surface area contributed by atoms with Gasteiger partial charge in [-0.15, -0.1) is 11.3 Å². The van der Waals surface area contributed by atoms with Crippen LogP contribution < -0.4 is 15.5 Å². The molecule has 0 unspecified atom stereocenters. The second-order valence-electron chi connectivity index (χ2n) is 9.50. The molecule has 0 spiro atoms. The molecular weight excluding hydrogens is 490 g/mol. The van der Waals surface area contributed by atoms with E-state index in [1.54, 1.807) is 11.3 Å². The molecule has 0 atom stereocenters. The lowest BCUT2D eigenvalue weighted by Crippen LogP contribution is -2.50. The van der Waals surface area contributed by atoms with Crippen molar-refractivity contribution < 1.29 is 19.1 Å². The molecule has 2 aliphatic rings. The Balaban J connectivity index is 1.18. The van der Waals surface area contributed by atoms with E-state index in [4.69, 9.17) is 4.74 Å². The molecule has 1 saturated heterocycles. The molecule has 0 bridgehead atoms. The molecule has 1 aliphatic heterocycles. The first-order chi connectivity index (χ1) is 18.0. The quantitative estimate of drug-likeness (QED) is 0.439. The summed E-state index contributed by atoms with van der Waals surface area (Å²) in [5.41, 5.74) is 2.01. The van der Waals surface area contributed by atoms with Crippen molar-refractivity contribution in [3.8, 4) is 10.4 Å². The lowest BCUT2D eigenvalue weighted by Gasteiger charge is -2.35. The predicted molar refractivity (Wildman–Crippen MR) is 141 cm³/mol. The predicted octanol–water partition coefficient (Wildman–Crippen LogP) is 3.29. The molecule has 0 radical (unpaired) electrons. The number of nitrogens with one attached hydrogen (secondary N) is 2. The van der Waals surface area contributed by atoms with Crippen LogP contribution in [0.1, 0.15) is 46.4 Å². The zero-order valence-corrected chi connectivity index (χ0v) is 21.4. The van der Waals surface area contributed by atoms with Crippen LogP contribution in [0.15, 0.2) is 54.4 Å². The maximum Gasteiger partial charge on any atom is 0.339 e. The molecule has 2 N–H and O–H groups in total. The van der Waals surface area contributed by atoms with E-state index in [0.717, 1.165) is 42.1 Å². The molecule has 3 aromatic rings. The van der Waals surface area contributed by atoms with Crippen molar-refractivity contribution in [2.24, 2.45) is 5.92 Å². The van der Waals surface area contributed by atoms with Crippen LogP contribution in [-0.4, -0.2) is 60.0 Å². The van der Waals surface area contributed by atoms with Crippen LogP contribution in [0.25, 0.3) is 10.4 Å². The summed E-state index contributed by atoms with van der Waals surface area (Å²) in [6.07, 6.45) is 7.23. The first-order valence-electron chi connectivity index (χ1n) is 12.4. The Hall–Kier alpha value is -3.79. The summed E-state index contributed by atoms with van der Waals surface area (Å²) >= 11 is 1.66. The van der Waals surface area contributed by atoms with Gasteiger partial charge in [0.2, 0.25) is 5.91 Å². The average Bonchev–Trinajstić information content (AvgIpc) is 3.51. The second kappa shape index (κ2) is 10.7. The highest BCUT2D eigenvalue weighted by molar-refractivity contribution is 7.13. The van der Waals surface area contributed by atoms with Crippen molar-refractivity contribution in [1.82, 2.24) is 20.6 Å². The molecular formula is C27H29N5O4S. The molecule has 1 aliphatic carbocycles. The van der Waals surface area contributed by atoms with Gasteiger partial charge in [-0.25, -0.2) is 14.8 Å². The third-order valence-corrected chi connectivity index (χ3v) is 7.99. The van der Waals surface area contributed by atoms with Crippen LogP contribution in [0.4, 0.5) is 5.69 Å². The number of anilines is 1. The first kappa shape index (κ1) is 24.9. The fraction of sp³-hybridized carbons (Fsp3) is 0.370. The topological polar surface area (TPSA) is 114 Å². The summed E-state index contributed by atoms with van der Waals surface area (Å²) in [5, 5.41) is 7.95. The zero-order valence-electron chi connectivity index (χ0n) is 20.6. The van der Waals surface area contributed by atoms with Gasteiger partial charge in [0.1, 0.15) is 11.9 Å². The summed E-state index contributed by atoms with van der Waals surface area (Å²) in [4.78, 5) is 48.9. The maximum atomic E-state index is 12.9. The Morgan fingerprint density at radius 1 is 1.14 bits per heavy atom. The minimum atomic E-state index is -0.842. The van der Waals surface area contributed by atoms with Gasteiger partial charge in [0, 0.05) is 36.9 Å². The number of methoxy groups -OCH3 is 1. The van der Waals surface area contributed by atoms with E-state index >= 15 is 0 Å². The summed E-state index contributed by atoms with van der Waals surface area (Å²) in [6, 6.07) is 9.95. The molecule has 3 heterocycles. The minimum Gasteiger partial charge on any atom is -0.465 e. The van der Waals surface area contributed by atoms with Crippen molar-refractivity contribution in [3.63, 3.8) is 0 Å². The normalized spacial score (nSPS) is 16.6. The third kappa shape index (κ3) is 5.48. The molecule has 1 aromatic carbocycles. The van der Waals surface area contributed by atoms with Gasteiger partial charge in [0.05, 0.1) is 23.9 Å². The standard InChI is InChI=1S/C27H29N5O4S/c1-36-25(34)21-5-4-19(23-3-2-12-37-23)13-22(21)32-10-6-18(7-11-32)14-30-26(35)27(8-9-27)31-24(33)20-15-28-17-29-16-20/h2-5,12-13,15-18H,6-11,14H2,1H3,(H,30,35)(H,31,33). The summed E-state index contributed by atoms with van der Waals surface area (Å²) < 4.78 is 5.03. The molecule has 2 fully saturated rings. The Morgan fingerprint density at radius 2 is 1.89 bits per heavy atom. The SMILES string of the molecule is COC(=O)c1ccc(-c2cccs2)cc1N1CCC(CNC(=O)C2(NC(=O)c3cncnc3)CC2)CC1. The van der Waals surface area contributed by atoms with E-state index in [2.05, 4.69) is 37.6 Å². The van der Waals surface area contributed by atoms with E-state index in [0.29, 0.717) is 36.4 Å². The number of hydrogen-bond donors (Lipinski definition) is 2. The van der Waals surface area contributed by atoms with Crippen LogP contribution >= 0.6 is 11.3 Å². The van der Waals surface area contributed by atoms with Crippen LogP contribution in [-0.2, 0) is 9.53 Å². The number of carbonyl (C=O) groups is 3. The fourth-order valence-electron chi connectivity index (χ4n) is 4.70. The molecule has 9 nitrogen and oxygen atoms in total. The van der Waals surface area contributed by atoms with Gasteiger partial charge in [-0.3, -0.25) is 9.59 Å². The smallest absolute Gasteiger partial charge is 0.339 e. The molecule has 192 valence electrons. The molecule has 2 amide bonds. The number of carbonyl (C=O) groups excluding carboxylic acids is 3. The van der Waals surface area contributed by atoms with Gasteiger partial charge in [-0.1, -0.05) is 12.1 Å². The van der Waals surface area contributed by atoms with Gasteiger partial charge < -0.3 is 20.3 Å². The first-order valence-corrected chi connectivity index (χ1v) is 13.2. The highest BCUT2D eigenvalue weighted by atomic mass is 32.1. The number of ether oxygens (including phenoxy) is 1. The lowest BCUT2D eigenvalue weighted by molar-refractivity contribution is -0.124. The van der Waals surface area contributed by atoms with Crippen LogP contribution in [0.3, 0.4) is 0 Å². The summed E-state index contributed by atoms with van der Waals surface area (Å²) in [6.45, 7) is 2.10. The van der Waals surface area contributed by atoms with Gasteiger partial charge >= 0.3 is 5.97 Å². The minimum absolute atomic E-state index is 0.142. The largest absolute Gasteiger partial charge is 0.465 e. The number of piperidine rings is 1. The molecule has 37 heavy (non-hydrogen) atoms. The van der Waals surface area contributed by atoms with Gasteiger partial charge in [0.15, 0.2) is 0 Å². The number of hydrogen-bond acceptors (Lipinski definition) is 8. The van der Waals surface area contributed by atoms with Crippen molar-refractivity contribution in [2.45, 2.75) is 31.2 Å². The average molecular weight is 520 g/mol. The van der Waals surface area contributed by atoms with E-state index in [-0.39, 0.29) is 17.8 Å². The Bertz CT molecular complexity index is 1270. The molecule has 1 saturated carbocycles. The van der Waals surface area contributed by atoms with Crippen LogP contribution in [0, 0.1) is 5.92 Å². The van der Waals surface area contributed by atoms with Crippen molar-refractivity contribution in [3.05, 3.63) is 65.6 Å². The number of esters is 1. The Morgan fingerprint density at radius 3 is 2.54 bits per heavy atom. The number of rotatable bonds is 8. The van der Waals surface area contributed by atoms with E-state index < -0.39 is 5.54 Å². The Kier molecular flexibility index (Phi) is 7.18. The lowest BCUT2D eigenvalue weighted by atomic mass is 9.95. The summed E-state index contributed by atoms with van der Waals surface area (Å²) in [5.74, 6) is -0.512. The highest BCUT2D eigenvalue weighted by Crippen LogP contribution is 2.36. The zero-order chi connectivity index (χ0) is 25.8. The Labute approximate surface area is 219 Å². The maximum absolute atomic E-state index is 12.9. The number of aromatic nitrogens is 2. The van der Waals surface area contributed by atoms with Crippen LogP contribution in [0.2, 0.25) is 0 Å². The number of benzene rings is 1. The molecule has 10 heteroatoms. The van der Waals surface area contributed by atoms with Crippen molar-refractivity contribution in [2.75, 3.05) is 31.6 Å². The summed E-state index contributed by atoms with van der Waals surface area (Å²) in [7, 11) is 1.40. The number of amides is 2. The van der Waals surface area contributed by atoms with Crippen LogP contribution in [0.5, 0.6) is 0 Å². The van der Waals surface area contributed by atoms with Crippen molar-refractivity contribution in [1.29, 1.82) is 0 Å². The third-order valence-electron chi connectivity index (χ3n) is 7.08. The fourth-order valence-corrected chi connectivity index (χ4v) is 5.42. The second-order valence-corrected chi connectivity index (χ2v) is 10.5. The monoisotopic (exact) mass is 519 g/mol. The molecule has 2 aromatic heterocycles. The van der Waals surface area contributed by atoms with Crippen molar-refractivity contribution >= 4 is 34.8 Å². The van der Waals surface area contributed by atoms with E-state index in [1.165, 1.54) is 25.8 Å². The highest BCUT2D eigenvalue weighted by Gasteiger charge is 2.51. The number of thiophene rings is 1. The van der Waals surface area contributed by atoms with Gasteiger partial charge in [-0.05, 0) is 60.7 Å². The van der Waals surface area contributed by atoms with E-state index in [9.17, 15) is 14.4 Å². The van der Waals surface area contributed by atoms with E-state index in [1.807, 2.05) is 23.6 Å².